The van der Waals surface area contributed by atoms with Gasteiger partial charge in [-0.3, -0.25) is 9.59 Å². The molecule has 26 heavy (non-hydrogen) atoms. The smallest absolute Gasteiger partial charge is 0.292 e. The van der Waals surface area contributed by atoms with Gasteiger partial charge < -0.3 is 10.1 Å². The molecule has 0 spiro atoms. The molecule has 6 heteroatoms. The number of halogens is 1. The molecule has 0 aromatic heterocycles. The molecular formula is C20H22ClN2O3+. The molecular weight excluding hydrogens is 352 g/mol. The molecule has 2 aromatic rings. The lowest BCUT2D eigenvalue weighted by molar-refractivity contribution is -0.674. The summed E-state index contributed by atoms with van der Waals surface area (Å²) in [7, 11) is 0. The summed E-state index contributed by atoms with van der Waals surface area (Å²) in [5, 5.41) is 2.66. The lowest BCUT2D eigenvalue weighted by Gasteiger charge is -2.15. The third-order valence-electron chi connectivity index (χ3n) is 4.41. The summed E-state index contributed by atoms with van der Waals surface area (Å²) in [4.78, 5) is 26.2. The van der Waals surface area contributed by atoms with Gasteiger partial charge in [0, 0.05) is 11.4 Å². The first-order valence-electron chi connectivity index (χ1n) is 8.76. The number of quaternary nitrogens is 1. The highest BCUT2D eigenvalue weighted by Gasteiger charge is 2.42. The van der Waals surface area contributed by atoms with Crippen LogP contribution in [0.1, 0.15) is 18.9 Å². The van der Waals surface area contributed by atoms with E-state index < -0.39 is 0 Å². The van der Waals surface area contributed by atoms with Gasteiger partial charge >= 0.3 is 0 Å². The molecule has 1 heterocycles. The Bertz CT molecular complexity index is 792. The number of ether oxygens (including phenoxy) is 1. The summed E-state index contributed by atoms with van der Waals surface area (Å²) in [6.45, 7) is 3.18. The summed E-state index contributed by atoms with van der Waals surface area (Å²) >= 11 is 6.16. The first kappa shape index (κ1) is 18.4. The number of amides is 2. The van der Waals surface area contributed by atoms with E-state index in [2.05, 4.69) is 0 Å². The van der Waals surface area contributed by atoms with E-state index in [0.717, 1.165) is 22.8 Å². The maximum atomic E-state index is 12.7. The number of nitrogens with zero attached hydrogens (tertiary/aromatic N) is 1. The van der Waals surface area contributed by atoms with E-state index in [-0.39, 0.29) is 24.3 Å². The van der Waals surface area contributed by atoms with Crippen LogP contribution in [0.3, 0.4) is 0 Å². The van der Waals surface area contributed by atoms with Crippen molar-refractivity contribution < 1.29 is 19.6 Å². The number of carbonyl (C=O) groups is 2. The van der Waals surface area contributed by atoms with Gasteiger partial charge in [0.25, 0.3) is 5.91 Å². The van der Waals surface area contributed by atoms with Gasteiger partial charge in [-0.2, -0.15) is 0 Å². The topological polar surface area (TPSA) is 63.2 Å². The zero-order valence-electron chi connectivity index (χ0n) is 14.7. The van der Waals surface area contributed by atoms with Crippen molar-refractivity contribution in [2.75, 3.05) is 18.1 Å². The molecule has 0 unspecified atom stereocenters. The molecule has 0 aliphatic carbocycles. The maximum Gasteiger partial charge on any atom is 0.292 e. The summed E-state index contributed by atoms with van der Waals surface area (Å²) in [5.41, 5.74) is 1.64. The molecule has 3 rings (SSSR count). The van der Waals surface area contributed by atoms with Crippen molar-refractivity contribution in [3.63, 3.8) is 0 Å². The molecule has 1 saturated heterocycles. The molecule has 1 atom stereocenters. The Labute approximate surface area is 157 Å². The zero-order chi connectivity index (χ0) is 18.5. The molecule has 2 N–H and O–H groups in total. The quantitative estimate of drug-likeness (QED) is 0.756. The standard InChI is InChI=1S/C20H21ClN2O3/c1-2-26-16-9-7-15(8-10-16)23-19(24)13-18(20(23)25)22-12-11-14-5-3-4-6-17(14)21/h3-10,18,22H,2,11-13H2,1H3/p+1/t18-/m0/s1. The second-order valence-electron chi connectivity index (χ2n) is 6.17. The molecule has 1 aliphatic rings. The van der Waals surface area contributed by atoms with E-state index >= 15 is 0 Å². The number of benzene rings is 2. The van der Waals surface area contributed by atoms with Crippen molar-refractivity contribution in [1.29, 1.82) is 0 Å². The van der Waals surface area contributed by atoms with E-state index in [1.54, 1.807) is 24.3 Å². The summed E-state index contributed by atoms with van der Waals surface area (Å²) in [6, 6.07) is 14.3. The molecule has 2 amide bonds. The van der Waals surface area contributed by atoms with Crippen LogP contribution in [0.2, 0.25) is 5.02 Å². The van der Waals surface area contributed by atoms with E-state index in [1.807, 2.05) is 36.5 Å². The Morgan fingerprint density at radius 2 is 1.88 bits per heavy atom. The Balaban J connectivity index is 1.60. The number of rotatable bonds is 7. The first-order valence-corrected chi connectivity index (χ1v) is 9.14. The minimum absolute atomic E-state index is 0.168. The molecule has 1 aliphatic heterocycles. The minimum Gasteiger partial charge on any atom is -0.494 e. The summed E-state index contributed by atoms with van der Waals surface area (Å²) in [6.07, 6.45) is 0.968. The SMILES string of the molecule is CCOc1ccc(N2C(=O)C[C@H]([NH2+]CCc3ccccc3Cl)C2=O)cc1. The number of hydrogen-bond donors (Lipinski definition) is 1. The second kappa shape index (κ2) is 8.34. The normalized spacial score (nSPS) is 17.0. The van der Waals surface area contributed by atoms with Crippen LogP contribution in [-0.4, -0.2) is 31.0 Å². The highest BCUT2D eigenvalue weighted by molar-refractivity contribution is 6.31. The highest BCUT2D eigenvalue weighted by atomic mass is 35.5. The second-order valence-corrected chi connectivity index (χ2v) is 6.58. The summed E-state index contributed by atoms with van der Waals surface area (Å²) in [5.74, 6) is 0.384. The Hall–Kier alpha value is -2.37. The van der Waals surface area contributed by atoms with Gasteiger partial charge in [0.2, 0.25) is 5.91 Å². The van der Waals surface area contributed by atoms with Gasteiger partial charge in [-0.25, -0.2) is 4.90 Å². The first-order chi connectivity index (χ1) is 12.6. The molecule has 0 bridgehead atoms. The van der Waals surface area contributed by atoms with Crippen molar-refractivity contribution >= 4 is 29.1 Å². The lowest BCUT2D eigenvalue weighted by atomic mass is 10.1. The average Bonchev–Trinajstić information content (AvgIpc) is 2.91. The Morgan fingerprint density at radius 3 is 2.58 bits per heavy atom. The molecule has 0 radical (unpaired) electrons. The van der Waals surface area contributed by atoms with Crippen molar-refractivity contribution in [2.24, 2.45) is 0 Å². The van der Waals surface area contributed by atoms with E-state index in [4.69, 9.17) is 16.3 Å². The Kier molecular flexibility index (Phi) is 5.91. The predicted molar refractivity (Wildman–Crippen MR) is 100 cm³/mol. The number of imide groups is 1. The molecule has 136 valence electrons. The van der Waals surface area contributed by atoms with Crippen LogP contribution in [0.4, 0.5) is 5.69 Å². The van der Waals surface area contributed by atoms with Crippen LogP contribution in [0.5, 0.6) is 5.75 Å². The monoisotopic (exact) mass is 373 g/mol. The summed E-state index contributed by atoms with van der Waals surface area (Å²) < 4.78 is 5.40. The third kappa shape index (κ3) is 4.06. The van der Waals surface area contributed by atoms with Crippen LogP contribution < -0.4 is 15.0 Å². The molecule has 5 nitrogen and oxygen atoms in total. The predicted octanol–water partition coefficient (Wildman–Crippen LogP) is 2.18. The van der Waals surface area contributed by atoms with Crippen LogP contribution in [0.25, 0.3) is 0 Å². The van der Waals surface area contributed by atoms with Gasteiger partial charge in [-0.15, -0.1) is 0 Å². The van der Waals surface area contributed by atoms with E-state index in [1.165, 1.54) is 4.90 Å². The largest absolute Gasteiger partial charge is 0.494 e. The number of hydrogen-bond acceptors (Lipinski definition) is 3. The molecule has 2 aromatic carbocycles. The van der Waals surface area contributed by atoms with Gasteiger partial charge in [0.15, 0.2) is 6.04 Å². The lowest BCUT2D eigenvalue weighted by Crippen LogP contribution is -2.92. The average molecular weight is 374 g/mol. The Morgan fingerprint density at radius 1 is 1.15 bits per heavy atom. The third-order valence-corrected chi connectivity index (χ3v) is 4.78. The van der Waals surface area contributed by atoms with Gasteiger partial charge in [-0.05, 0) is 42.8 Å². The molecule has 1 fully saturated rings. The fourth-order valence-corrected chi connectivity index (χ4v) is 3.34. The maximum absolute atomic E-state index is 12.7. The molecule has 0 saturated carbocycles. The zero-order valence-corrected chi connectivity index (χ0v) is 15.4. The van der Waals surface area contributed by atoms with Crippen LogP contribution in [0.15, 0.2) is 48.5 Å². The van der Waals surface area contributed by atoms with Crippen LogP contribution in [-0.2, 0) is 16.0 Å². The van der Waals surface area contributed by atoms with Crippen molar-refractivity contribution in [2.45, 2.75) is 25.8 Å². The van der Waals surface area contributed by atoms with E-state index in [0.29, 0.717) is 18.8 Å². The fraction of sp³-hybridized carbons (Fsp3) is 0.300. The van der Waals surface area contributed by atoms with Crippen molar-refractivity contribution in [1.82, 2.24) is 0 Å². The highest BCUT2D eigenvalue weighted by Crippen LogP contribution is 2.24. The van der Waals surface area contributed by atoms with Gasteiger partial charge in [0.1, 0.15) is 5.75 Å². The van der Waals surface area contributed by atoms with Crippen LogP contribution >= 0.6 is 11.6 Å². The minimum atomic E-state index is -0.378. The van der Waals surface area contributed by atoms with Crippen LogP contribution in [0, 0.1) is 0 Å². The van der Waals surface area contributed by atoms with Crippen molar-refractivity contribution in [3.05, 3.63) is 59.1 Å². The van der Waals surface area contributed by atoms with Gasteiger partial charge in [0.05, 0.1) is 25.3 Å². The van der Waals surface area contributed by atoms with E-state index in [9.17, 15) is 9.59 Å². The number of anilines is 1. The fourth-order valence-electron chi connectivity index (χ4n) is 3.11. The number of carbonyl (C=O) groups excluding carboxylic acids is 2. The van der Waals surface area contributed by atoms with Gasteiger partial charge in [-0.1, -0.05) is 29.8 Å². The number of nitrogens with two attached hydrogens (primary N) is 1. The van der Waals surface area contributed by atoms with Crippen molar-refractivity contribution in [3.8, 4) is 5.75 Å².